The molecule has 3 N–H and O–H groups in total. The minimum absolute atomic E-state index is 0.0117. The number of benzene rings is 5. The van der Waals surface area contributed by atoms with Crippen molar-refractivity contribution in [1.29, 1.82) is 0 Å². The van der Waals surface area contributed by atoms with Gasteiger partial charge in [-0.1, -0.05) is 128 Å². The number of allylic oxidation sites excluding steroid dienone is 6. The van der Waals surface area contributed by atoms with Gasteiger partial charge in [-0.05, 0) is 75.6 Å². The number of nitrogens with zero attached hydrogens (tertiary/aromatic N) is 1. The second kappa shape index (κ2) is 10.9. The zero-order valence-electron chi connectivity index (χ0n) is 27.4. The highest BCUT2D eigenvalue weighted by atomic mass is 32.1. The Labute approximate surface area is 291 Å². The van der Waals surface area contributed by atoms with Crippen molar-refractivity contribution in [2.24, 2.45) is 5.92 Å². The monoisotopic (exact) mass is 651 g/mol. The van der Waals surface area contributed by atoms with Crippen LogP contribution in [0.3, 0.4) is 0 Å². The maximum atomic E-state index is 6.52. The van der Waals surface area contributed by atoms with Crippen LogP contribution in [0.5, 0.6) is 0 Å². The third-order valence-electron chi connectivity index (χ3n) is 11.0. The molecule has 0 saturated heterocycles. The van der Waals surface area contributed by atoms with Gasteiger partial charge in [-0.3, -0.25) is 0 Å². The van der Waals surface area contributed by atoms with Crippen LogP contribution in [0.2, 0.25) is 0 Å². The van der Waals surface area contributed by atoms with E-state index in [0.717, 1.165) is 24.2 Å². The van der Waals surface area contributed by atoms with Gasteiger partial charge in [0.15, 0.2) is 0 Å². The molecule has 4 atom stereocenters. The molecule has 3 unspecified atom stereocenters. The molecule has 1 fully saturated rings. The number of rotatable bonds is 7. The predicted molar refractivity (Wildman–Crippen MR) is 207 cm³/mol. The van der Waals surface area contributed by atoms with Crippen LogP contribution in [0.15, 0.2) is 162 Å². The summed E-state index contributed by atoms with van der Waals surface area (Å²) in [5.41, 5.74) is 19.2. The summed E-state index contributed by atoms with van der Waals surface area (Å²) >= 11 is 1.93. The summed E-state index contributed by atoms with van der Waals surface area (Å²) in [6, 6.07) is 41.9. The first-order chi connectivity index (χ1) is 24.1. The number of para-hydroxylation sites is 1. The summed E-state index contributed by atoms with van der Waals surface area (Å²) in [6.07, 6.45) is 13.3. The molecule has 1 saturated carbocycles. The van der Waals surface area contributed by atoms with Crippen LogP contribution >= 0.6 is 11.3 Å². The fraction of sp³-hybridized carbons (Fsp3) is 0.156. The average molecular weight is 652 g/mol. The number of nitrogens with one attached hydrogen (secondary N) is 1. The molecule has 1 aliphatic heterocycles. The van der Waals surface area contributed by atoms with Crippen molar-refractivity contribution in [3.05, 3.63) is 185 Å². The lowest BCUT2D eigenvalue weighted by Gasteiger charge is -2.25. The molecule has 2 heterocycles. The molecule has 10 rings (SSSR count). The summed E-state index contributed by atoms with van der Waals surface area (Å²) in [7, 11) is 0. The lowest BCUT2D eigenvalue weighted by Crippen LogP contribution is -2.23. The highest BCUT2D eigenvalue weighted by molar-refractivity contribution is 7.26. The first-order valence-electron chi connectivity index (χ1n) is 17.4. The Morgan fingerprint density at radius 2 is 1.71 bits per heavy atom. The van der Waals surface area contributed by atoms with E-state index in [1.807, 2.05) is 23.5 Å². The number of hydrogen-bond donors (Lipinski definition) is 2. The van der Waals surface area contributed by atoms with Crippen molar-refractivity contribution in [2.75, 3.05) is 10.6 Å². The van der Waals surface area contributed by atoms with Gasteiger partial charge in [0.25, 0.3) is 0 Å². The first kappa shape index (κ1) is 28.8. The van der Waals surface area contributed by atoms with Gasteiger partial charge in [0.1, 0.15) is 0 Å². The largest absolute Gasteiger partial charge is 0.398 e. The SMILES string of the molecule is CC1C=C(C2=C[C@@]34C(=C2)C3N(c2cccc(CNC(c3ccccc3)c3ccccc3N)c2)c2c4ccc3c2sc2ccccc23)C=CC1. The van der Waals surface area contributed by atoms with Gasteiger partial charge < -0.3 is 16.0 Å². The van der Waals surface area contributed by atoms with Crippen LogP contribution in [0.25, 0.3) is 20.2 Å². The molecular weight excluding hydrogens is 615 g/mol. The molecule has 3 aliphatic carbocycles. The zero-order valence-corrected chi connectivity index (χ0v) is 28.3. The third kappa shape index (κ3) is 4.37. The van der Waals surface area contributed by atoms with Crippen LogP contribution in [0, 0.1) is 5.92 Å². The lowest BCUT2D eigenvalue weighted by molar-refractivity contribution is 0.606. The van der Waals surface area contributed by atoms with Crippen LogP contribution < -0.4 is 16.0 Å². The second-order valence-electron chi connectivity index (χ2n) is 14.0. The molecule has 3 nitrogen and oxygen atoms in total. The Hall–Kier alpha value is -5.16. The van der Waals surface area contributed by atoms with Gasteiger partial charge in [0, 0.05) is 33.4 Å². The average Bonchev–Trinajstić information content (AvgIpc) is 3.45. The summed E-state index contributed by atoms with van der Waals surface area (Å²) in [5, 5.41) is 6.57. The van der Waals surface area contributed by atoms with E-state index in [2.05, 4.69) is 151 Å². The van der Waals surface area contributed by atoms with E-state index in [-0.39, 0.29) is 11.5 Å². The van der Waals surface area contributed by atoms with E-state index in [1.54, 1.807) is 0 Å². The lowest BCUT2D eigenvalue weighted by atomic mass is 9.90. The fourth-order valence-electron chi connectivity index (χ4n) is 8.71. The van der Waals surface area contributed by atoms with E-state index < -0.39 is 0 Å². The van der Waals surface area contributed by atoms with Gasteiger partial charge in [0.2, 0.25) is 0 Å². The van der Waals surface area contributed by atoms with Crippen molar-refractivity contribution in [2.45, 2.75) is 37.4 Å². The van der Waals surface area contributed by atoms with E-state index in [0.29, 0.717) is 12.0 Å². The maximum absolute atomic E-state index is 6.52. The predicted octanol–water partition coefficient (Wildman–Crippen LogP) is 10.7. The molecule has 5 aromatic carbocycles. The maximum Gasteiger partial charge on any atom is 0.0739 e. The Balaban J connectivity index is 1.06. The smallest absolute Gasteiger partial charge is 0.0739 e. The molecule has 1 aromatic heterocycles. The number of fused-ring (bicyclic) bond motifs is 6. The highest BCUT2D eigenvalue weighted by Crippen LogP contribution is 2.72. The fourth-order valence-corrected chi connectivity index (χ4v) is 9.96. The first-order valence-corrected chi connectivity index (χ1v) is 18.2. The van der Waals surface area contributed by atoms with Crippen LogP contribution in [0.1, 0.15) is 41.6 Å². The summed E-state index contributed by atoms with van der Waals surface area (Å²) in [6.45, 7) is 3.04. The number of anilines is 3. The molecular formula is C45H37N3S. The molecule has 4 heteroatoms. The van der Waals surface area contributed by atoms with Crippen molar-refractivity contribution in [3.8, 4) is 0 Å². The molecule has 6 aromatic rings. The van der Waals surface area contributed by atoms with Crippen LogP contribution in [-0.4, -0.2) is 6.04 Å². The minimum Gasteiger partial charge on any atom is -0.398 e. The molecule has 238 valence electrons. The van der Waals surface area contributed by atoms with Crippen molar-refractivity contribution in [1.82, 2.24) is 5.32 Å². The molecule has 1 spiro atoms. The standard InChI is InChI=1S/C45H37N3S/c1-28-11-9-15-31(23-28)32-25-38-44-45(38,26-32)37-22-21-35-34-17-6-8-20-40(34)49-43(35)42(37)48(44)33-16-10-12-29(24-33)27-47-41(30-13-3-2-4-14-30)36-18-5-7-19-39(36)46/h2-10,12-26,28,41,44,47H,11,27,46H2,1H3/t28?,41?,44?,45-/m1/s1. The Morgan fingerprint density at radius 1 is 0.878 bits per heavy atom. The zero-order chi connectivity index (χ0) is 32.7. The molecule has 0 radical (unpaired) electrons. The highest BCUT2D eigenvalue weighted by Gasteiger charge is 2.70. The van der Waals surface area contributed by atoms with E-state index in [1.165, 1.54) is 65.0 Å². The summed E-state index contributed by atoms with van der Waals surface area (Å²) in [5.74, 6) is 0.575. The minimum atomic E-state index is -0.0676. The van der Waals surface area contributed by atoms with Gasteiger partial charge in [-0.15, -0.1) is 11.3 Å². The Bertz CT molecular complexity index is 2430. The summed E-state index contributed by atoms with van der Waals surface area (Å²) in [4.78, 5) is 2.66. The van der Waals surface area contributed by atoms with E-state index in [4.69, 9.17) is 5.73 Å². The second-order valence-corrected chi connectivity index (χ2v) is 15.1. The normalized spacial score (nSPS) is 22.4. The molecule has 0 bridgehead atoms. The van der Waals surface area contributed by atoms with Crippen LogP contribution in [0.4, 0.5) is 17.1 Å². The topological polar surface area (TPSA) is 41.3 Å². The number of nitrogens with two attached hydrogens (primary N) is 1. The van der Waals surface area contributed by atoms with E-state index >= 15 is 0 Å². The third-order valence-corrected chi connectivity index (χ3v) is 12.2. The van der Waals surface area contributed by atoms with Gasteiger partial charge in [-0.2, -0.15) is 0 Å². The quantitative estimate of drug-likeness (QED) is 0.169. The van der Waals surface area contributed by atoms with Crippen molar-refractivity contribution < 1.29 is 0 Å². The number of nitrogen functional groups attached to an aromatic ring is 1. The van der Waals surface area contributed by atoms with Gasteiger partial charge in [0.05, 0.1) is 27.9 Å². The van der Waals surface area contributed by atoms with Crippen molar-refractivity contribution in [3.63, 3.8) is 0 Å². The number of thiophene rings is 1. The van der Waals surface area contributed by atoms with Crippen LogP contribution in [-0.2, 0) is 12.0 Å². The Kier molecular flexibility index (Phi) is 6.43. The molecule has 0 amide bonds. The van der Waals surface area contributed by atoms with Crippen molar-refractivity contribution >= 4 is 48.6 Å². The van der Waals surface area contributed by atoms with E-state index in [9.17, 15) is 0 Å². The number of hydrogen-bond acceptors (Lipinski definition) is 4. The molecule has 49 heavy (non-hydrogen) atoms. The van der Waals surface area contributed by atoms with Gasteiger partial charge >= 0.3 is 0 Å². The summed E-state index contributed by atoms with van der Waals surface area (Å²) < 4.78 is 2.73. The Morgan fingerprint density at radius 3 is 2.59 bits per heavy atom. The molecule has 4 aliphatic rings. The van der Waals surface area contributed by atoms with Gasteiger partial charge in [-0.25, -0.2) is 0 Å².